The highest BCUT2D eigenvalue weighted by Gasteiger charge is 2.39. The maximum Gasteiger partial charge on any atom is 0.256 e. The number of hydrogen-bond acceptors (Lipinski definition) is 5. The van der Waals surface area contributed by atoms with Crippen LogP contribution in [0.15, 0.2) is 42.5 Å². The van der Waals surface area contributed by atoms with Gasteiger partial charge in [-0.05, 0) is 55.0 Å². The summed E-state index contributed by atoms with van der Waals surface area (Å²) < 4.78 is 0. The first-order chi connectivity index (χ1) is 11.0. The van der Waals surface area contributed by atoms with Gasteiger partial charge in [-0.3, -0.25) is 9.59 Å². The van der Waals surface area contributed by atoms with E-state index in [4.69, 9.17) is 0 Å². The lowest BCUT2D eigenvalue weighted by atomic mass is 10.1. The van der Waals surface area contributed by atoms with Crippen molar-refractivity contribution in [2.75, 3.05) is 10.2 Å². The van der Waals surface area contributed by atoms with Crippen LogP contribution in [0.3, 0.4) is 0 Å². The van der Waals surface area contributed by atoms with Gasteiger partial charge in [0.25, 0.3) is 5.91 Å². The first-order valence-electron chi connectivity index (χ1n) is 7.17. The van der Waals surface area contributed by atoms with Crippen LogP contribution in [0, 0.1) is 6.92 Å². The summed E-state index contributed by atoms with van der Waals surface area (Å²) in [6, 6.07) is 10.0. The molecule has 0 radical (unpaired) electrons. The molecule has 1 atom stereocenters. The summed E-state index contributed by atoms with van der Waals surface area (Å²) in [5.74, 6) is -0.419. The first-order valence-corrected chi connectivity index (χ1v) is 7.17. The van der Waals surface area contributed by atoms with Gasteiger partial charge in [-0.25, -0.2) is 4.90 Å². The molecule has 6 heteroatoms. The number of phenols is 2. The van der Waals surface area contributed by atoms with E-state index in [9.17, 15) is 19.8 Å². The molecule has 3 rings (SSSR count). The number of amides is 2. The molecule has 1 fully saturated rings. The van der Waals surface area contributed by atoms with Crippen LogP contribution in [0.5, 0.6) is 11.5 Å². The van der Waals surface area contributed by atoms with Crippen molar-refractivity contribution < 1.29 is 19.8 Å². The Morgan fingerprint density at radius 1 is 1.04 bits per heavy atom. The molecule has 1 unspecified atom stereocenters. The van der Waals surface area contributed by atoms with Gasteiger partial charge >= 0.3 is 0 Å². The predicted octanol–water partition coefficient (Wildman–Crippen LogP) is 2.15. The number of carbonyl (C=O) groups is 2. The van der Waals surface area contributed by atoms with Crippen molar-refractivity contribution in [2.24, 2.45) is 0 Å². The molecule has 1 aliphatic rings. The fraction of sp³-hybridized carbons (Fsp3) is 0.176. The minimum atomic E-state index is -0.653. The maximum absolute atomic E-state index is 12.5. The van der Waals surface area contributed by atoms with E-state index < -0.39 is 6.04 Å². The average Bonchev–Trinajstić information content (AvgIpc) is 2.78. The van der Waals surface area contributed by atoms with Crippen molar-refractivity contribution in [1.29, 1.82) is 0 Å². The van der Waals surface area contributed by atoms with E-state index in [1.165, 1.54) is 30.3 Å². The Hall–Kier alpha value is -3.02. The van der Waals surface area contributed by atoms with Crippen molar-refractivity contribution in [3.8, 4) is 11.5 Å². The Labute approximate surface area is 133 Å². The van der Waals surface area contributed by atoms with Gasteiger partial charge in [0.2, 0.25) is 5.91 Å². The number of hydrogen-bond donors (Lipinski definition) is 3. The maximum atomic E-state index is 12.5. The standard InChI is InChI=1S/C17H16N2O4/c1-10-8-13(21)6-7-14(10)18-15-9-16(22)19(17(15)23)11-2-4-12(20)5-3-11/h2-8,15,18,20-21H,9H2,1H3. The highest BCUT2D eigenvalue weighted by Crippen LogP contribution is 2.28. The molecule has 2 amide bonds. The topological polar surface area (TPSA) is 89.9 Å². The minimum absolute atomic E-state index is 0.0556. The molecule has 0 saturated carbocycles. The van der Waals surface area contributed by atoms with Crippen LogP contribution in [0.2, 0.25) is 0 Å². The second-order valence-corrected chi connectivity index (χ2v) is 5.48. The Morgan fingerprint density at radius 3 is 2.35 bits per heavy atom. The monoisotopic (exact) mass is 312 g/mol. The number of anilines is 2. The van der Waals surface area contributed by atoms with E-state index in [2.05, 4.69) is 5.32 Å². The summed E-state index contributed by atoms with van der Waals surface area (Å²) in [5, 5.41) is 21.8. The lowest BCUT2D eigenvalue weighted by Crippen LogP contribution is -2.34. The minimum Gasteiger partial charge on any atom is -0.508 e. The lowest BCUT2D eigenvalue weighted by Gasteiger charge is -2.17. The summed E-state index contributed by atoms with van der Waals surface area (Å²) in [7, 11) is 0. The van der Waals surface area contributed by atoms with Gasteiger partial charge in [0.15, 0.2) is 0 Å². The van der Waals surface area contributed by atoms with Crippen LogP contribution in [-0.4, -0.2) is 28.1 Å². The number of rotatable bonds is 3. The van der Waals surface area contributed by atoms with Crippen LogP contribution in [-0.2, 0) is 9.59 Å². The van der Waals surface area contributed by atoms with Crippen molar-refractivity contribution in [3.63, 3.8) is 0 Å². The summed E-state index contributed by atoms with van der Waals surface area (Å²) in [5.41, 5.74) is 1.92. The summed E-state index contributed by atoms with van der Waals surface area (Å²) in [6.07, 6.45) is 0.0556. The summed E-state index contributed by atoms with van der Waals surface area (Å²) in [4.78, 5) is 25.8. The number of carbonyl (C=O) groups excluding carboxylic acids is 2. The van der Waals surface area contributed by atoms with Crippen molar-refractivity contribution in [1.82, 2.24) is 0 Å². The van der Waals surface area contributed by atoms with Crippen molar-refractivity contribution in [3.05, 3.63) is 48.0 Å². The van der Waals surface area contributed by atoms with E-state index in [1.807, 2.05) is 0 Å². The fourth-order valence-electron chi connectivity index (χ4n) is 2.62. The van der Waals surface area contributed by atoms with Gasteiger partial charge in [0, 0.05) is 5.69 Å². The highest BCUT2D eigenvalue weighted by molar-refractivity contribution is 6.23. The zero-order valence-electron chi connectivity index (χ0n) is 12.5. The molecule has 0 spiro atoms. The predicted molar refractivity (Wildman–Crippen MR) is 85.5 cm³/mol. The molecule has 6 nitrogen and oxygen atoms in total. The van der Waals surface area contributed by atoms with Gasteiger partial charge < -0.3 is 15.5 Å². The number of benzene rings is 2. The Balaban J connectivity index is 1.82. The second-order valence-electron chi connectivity index (χ2n) is 5.48. The molecule has 2 aromatic carbocycles. The van der Waals surface area contributed by atoms with E-state index >= 15 is 0 Å². The molecule has 23 heavy (non-hydrogen) atoms. The van der Waals surface area contributed by atoms with Crippen molar-refractivity contribution in [2.45, 2.75) is 19.4 Å². The van der Waals surface area contributed by atoms with Gasteiger partial charge in [0.05, 0.1) is 12.1 Å². The van der Waals surface area contributed by atoms with E-state index in [0.29, 0.717) is 11.4 Å². The van der Waals surface area contributed by atoms with Crippen LogP contribution in [0.25, 0.3) is 0 Å². The second kappa shape index (κ2) is 5.64. The fourth-order valence-corrected chi connectivity index (χ4v) is 2.62. The van der Waals surface area contributed by atoms with E-state index in [1.54, 1.807) is 19.1 Å². The van der Waals surface area contributed by atoms with Crippen LogP contribution < -0.4 is 10.2 Å². The van der Waals surface area contributed by atoms with Crippen LogP contribution >= 0.6 is 0 Å². The number of imide groups is 1. The molecule has 0 bridgehead atoms. The molecule has 1 heterocycles. The van der Waals surface area contributed by atoms with Crippen LogP contribution in [0.1, 0.15) is 12.0 Å². The quantitative estimate of drug-likeness (QED) is 0.597. The highest BCUT2D eigenvalue weighted by atomic mass is 16.3. The third kappa shape index (κ3) is 2.83. The SMILES string of the molecule is Cc1cc(O)ccc1NC1CC(=O)N(c2ccc(O)cc2)C1=O. The molecule has 118 valence electrons. The molecule has 2 aromatic rings. The third-order valence-electron chi connectivity index (χ3n) is 3.79. The molecule has 1 saturated heterocycles. The number of aryl methyl sites for hydroxylation is 1. The zero-order chi connectivity index (χ0) is 16.6. The van der Waals surface area contributed by atoms with Crippen molar-refractivity contribution >= 4 is 23.2 Å². The Kier molecular flexibility index (Phi) is 3.65. The molecule has 1 aliphatic heterocycles. The van der Waals surface area contributed by atoms with E-state index in [-0.39, 0.29) is 29.7 Å². The number of aromatic hydroxyl groups is 2. The van der Waals surface area contributed by atoms with Gasteiger partial charge in [0.1, 0.15) is 17.5 Å². The normalized spacial score (nSPS) is 17.6. The first kappa shape index (κ1) is 14.9. The molecule has 3 N–H and O–H groups in total. The summed E-state index contributed by atoms with van der Waals surface area (Å²) >= 11 is 0. The molecule has 0 aromatic heterocycles. The number of phenolic OH excluding ortho intramolecular Hbond substituents is 2. The Morgan fingerprint density at radius 2 is 1.70 bits per heavy atom. The molecular weight excluding hydrogens is 296 g/mol. The van der Waals surface area contributed by atoms with E-state index in [0.717, 1.165) is 10.5 Å². The zero-order valence-corrected chi connectivity index (χ0v) is 12.5. The number of nitrogens with zero attached hydrogens (tertiary/aromatic N) is 1. The average molecular weight is 312 g/mol. The van der Waals surface area contributed by atoms with Gasteiger partial charge in [-0.15, -0.1) is 0 Å². The number of nitrogens with one attached hydrogen (secondary N) is 1. The Bertz CT molecular complexity index is 771. The smallest absolute Gasteiger partial charge is 0.256 e. The van der Waals surface area contributed by atoms with Gasteiger partial charge in [-0.1, -0.05) is 0 Å². The summed E-state index contributed by atoms with van der Waals surface area (Å²) in [6.45, 7) is 1.81. The molecule has 0 aliphatic carbocycles. The lowest BCUT2D eigenvalue weighted by molar-refractivity contribution is -0.121. The molecular formula is C17H16N2O4. The largest absolute Gasteiger partial charge is 0.508 e. The van der Waals surface area contributed by atoms with Gasteiger partial charge in [-0.2, -0.15) is 0 Å². The third-order valence-corrected chi connectivity index (χ3v) is 3.79. The van der Waals surface area contributed by atoms with Crippen LogP contribution in [0.4, 0.5) is 11.4 Å².